The summed E-state index contributed by atoms with van der Waals surface area (Å²) in [5.41, 5.74) is 2.26. The molecule has 1 N–H and O–H groups in total. The van der Waals surface area contributed by atoms with E-state index >= 15 is 0 Å². The predicted molar refractivity (Wildman–Crippen MR) is 77.7 cm³/mol. The van der Waals surface area contributed by atoms with Crippen molar-refractivity contribution in [3.05, 3.63) is 29.6 Å². The molecule has 0 aliphatic heterocycles. The molecule has 0 saturated heterocycles. The highest BCUT2D eigenvalue weighted by atomic mass is 15.1. The lowest BCUT2D eigenvalue weighted by atomic mass is 10.2. The Hall–Kier alpha value is -0.930. The van der Waals surface area contributed by atoms with Crippen LogP contribution in [0.5, 0.6) is 0 Å². The van der Waals surface area contributed by atoms with E-state index in [9.17, 15) is 0 Å². The molecular formula is C15H27N3. The molecular weight excluding hydrogens is 222 g/mol. The van der Waals surface area contributed by atoms with Gasteiger partial charge in [0.05, 0.1) is 5.69 Å². The molecule has 1 aromatic rings. The van der Waals surface area contributed by atoms with E-state index in [1.165, 1.54) is 12.1 Å². The van der Waals surface area contributed by atoms with Gasteiger partial charge in [0.2, 0.25) is 0 Å². The summed E-state index contributed by atoms with van der Waals surface area (Å²) in [6.07, 6.45) is 1.19. The molecule has 3 nitrogen and oxygen atoms in total. The summed E-state index contributed by atoms with van der Waals surface area (Å²) in [5, 5.41) is 3.53. The molecule has 0 bridgehead atoms. The first-order valence-corrected chi connectivity index (χ1v) is 7.04. The molecule has 1 rings (SSSR count). The van der Waals surface area contributed by atoms with Gasteiger partial charge in [0.15, 0.2) is 0 Å². The van der Waals surface area contributed by atoms with Crippen LogP contribution in [0.3, 0.4) is 0 Å². The molecule has 0 aromatic carbocycles. The Morgan fingerprint density at radius 2 is 2.11 bits per heavy atom. The Balaban J connectivity index is 2.46. The number of nitrogens with one attached hydrogen (secondary N) is 1. The molecule has 0 aliphatic carbocycles. The molecule has 1 heterocycles. The summed E-state index contributed by atoms with van der Waals surface area (Å²) in [6.45, 7) is 12.9. The van der Waals surface area contributed by atoms with Gasteiger partial charge in [-0.05, 0) is 45.5 Å². The van der Waals surface area contributed by atoms with Crippen LogP contribution in [-0.4, -0.2) is 35.6 Å². The number of rotatable bonds is 8. The van der Waals surface area contributed by atoms with Gasteiger partial charge in [0.25, 0.3) is 0 Å². The lowest BCUT2D eigenvalue weighted by Crippen LogP contribution is -2.39. The van der Waals surface area contributed by atoms with Crippen molar-refractivity contribution in [2.45, 2.75) is 46.7 Å². The maximum absolute atomic E-state index is 4.57. The van der Waals surface area contributed by atoms with E-state index in [0.717, 1.165) is 31.9 Å². The molecule has 102 valence electrons. The van der Waals surface area contributed by atoms with Crippen LogP contribution in [0.4, 0.5) is 0 Å². The fourth-order valence-corrected chi connectivity index (χ4v) is 2.06. The number of hydrogen-bond donors (Lipinski definition) is 1. The molecule has 0 saturated carbocycles. The minimum Gasteiger partial charge on any atom is -0.313 e. The van der Waals surface area contributed by atoms with Gasteiger partial charge in [-0.25, -0.2) is 0 Å². The Morgan fingerprint density at radius 1 is 1.33 bits per heavy atom. The van der Waals surface area contributed by atoms with Crippen LogP contribution in [0.15, 0.2) is 18.2 Å². The first kappa shape index (κ1) is 15.1. The van der Waals surface area contributed by atoms with Gasteiger partial charge < -0.3 is 5.32 Å². The van der Waals surface area contributed by atoms with Gasteiger partial charge in [0, 0.05) is 24.8 Å². The topological polar surface area (TPSA) is 28.2 Å². The third kappa shape index (κ3) is 5.61. The van der Waals surface area contributed by atoms with E-state index in [4.69, 9.17) is 0 Å². The number of likely N-dealkylation sites (N-methyl/N-ethyl adjacent to an activating group) is 1. The quantitative estimate of drug-likeness (QED) is 0.767. The number of pyridine rings is 1. The van der Waals surface area contributed by atoms with E-state index in [1.807, 2.05) is 13.0 Å². The zero-order valence-corrected chi connectivity index (χ0v) is 12.2. The maximum Gasteiger partial charge on any atom is 0.0547 e. The van der Waals surface area contributed by atoms with E-state index in [2.05, 4.69) is 48.1 Å². The highest BCUT2D eigenvalue weighted by Gasteiger charge is 2.09. The van der Waals surface area contributed by atoms with Crippen molar-refractivity contribution >= 4 is 0 Å². The maximum atomic E-state index is 4.57. The highest BCUT2D eigenvalue weighted by Crippen LogP contribution is 2.04. The van der Waals surface area contributed by atoms with Crippen molar-refractivity contribution < 1.29 is 0 Å². The molecule has 0 amide bonds. The summed E-state index contributed by atoms with van der Waals surface area (Å²) in [6, 6.07) is 6.78. The average molecular weight is 249 g/mol. The average Bonchev–Trinajstić information content (AvgIpc) is 2.35. The summed E-state index contributed by atoms with van der Waals surface area (Å²) in [7, 11) is 0. The number of aromatic nitrogens is 1. The number of hydrogen-bond acceptors (Lipinski definition) is 3. The SMILES string of the molecule is CCCNC(C)CN(CC)Cc1cccc(C)n1. The second kappa shape index (κ2) is 8.22. The fraction of sp³-hybridized carbons (Fsp3) is 0.667. The van der Waals surface area contributed by atoms with Crippen LogP contribution in [0.2, 0.25) is 0 Å². The lowest BCUT2D eigenvalue weighted by molar-refractivity contribution is 0.248. The molecule has 3 heteroatoms. The number of nitrogens with zero attached hydrogens (tertiary/aromatic N) is 2. The van der Waals surface area contributed by atoms with Crippen molar-refractivity contribution in [1.82, 2.24) is 15.2 Å². The summed E-state index contributed by atoms with van der Waals surface area (Å²) in [4.78, 5) is 7.01. The van der Waals surface area contributed by atoms with Crippen molar-refractivity contribution in [3.8, 4) is 0 Å². The van der Waals surface area contributed by atoms with Gasteiger partial charge >= 0.3 is 0 Å². The molecule has 0 aliphatic rings. The Labute approximate surface area is 112 Å². The minimum atomic E-state index is 0.537. The van der Waals surface area contributed by atoms with Gasteiger partial charge in [-0.2, -0.15) is 0 Å². The first-order valence-electron chi connectivity index (χ1n) is 7.04. The molecule has 1 unspecified atom stereocenters. The molecule has 0 radical (unpaired) electrons. The monoisotopic (exact) mass is 249 g/mol. The van der Waals surface area contributed by atoms with E-state index < -0.39 is 0 Å². The Kier molecular flexibility index (Phi) is 6.91. The smallest absolute Gasteiger partial charge is 0.0547 e. The third-order valence-electron chi connectivity index (χ3n) is 3.05. The van der Waals surface area contributed by atoms with Crippen LogP contribution >= 0.6 is 0 Å². The second-order valence-electron chi connectivity index (χ2n) is 4.95. The highest BCUT2D eigenvalue weighted by molar-refractivity contribution is 5.09. The molecule has 0 spiro atoms. The molecule has 18 heavy (non-hydrogen) atoms. The van der Waals surface area contributed by atoms with Crippen LogP contribution in [0, 0.1) is 6.92 Å². The number of aryl methyl sites for hydroxylation is 1. The second-order valence-corrected chi connectivity index (χ2v) is 4.95. The summed E-state index contributed by atoms with van der Waals surface area (Å²) < 4.78 is 0. The van der Waals surface area contributed by atoms with Crippen LogP contribution in [-0.2, 0) is 6.54 Å². The van der Waals surface area contributed by atoms with E-state index in [-0.39, 0.29) is 0 Å². The summed E-state index contributed by atoms with van der Waals surface area (Å²) >= 11 is 0. The van der Waals surface area contributed by atoms with Crippen LogP contribution < -0.4 is 5.32 Å². The minimum absolute atomic E-state index is 0.537. The van der Waals surface area contributed by atoms with Crippen molar-refractivity contribution in [1.29, 1.82) is 0 Å². The molecule has 0 fully saturated rings. The molecule has 1 aromatic heterocycles. The van der Waals surface area contributed by atoms with Gasteiger partial charge in [-0.3, -0.25) is 9.88 Å². The van der Waals surface area contributed by atoms with Gasteiger partial charge in [0.1, 0.15) is 0 Å². The Morgan fingerprint density at radius 3 is 2.72 bits per heavy atom. The lowest BCUT2D eigenvalue weighted by Gasteiger charge is -2.24. The van der Waals surface area contributed by atoms with Crippen molar-refractivity contribution in [2.75, 3.05) is 19.6 Å². The van der Waals surface area contributed by atoms with Crippen LogP contribution in [0.1, 0.15) is 38.6 Å². The van der Waals surface area contributed by atoms with E-state index in [0.29, 0.717) is 6.04 Å². The largest absolute Gasteiger partial charge is 0.313 e. The zero-order valence-electron chi connectivity index (χ0n) is 12.2. The van der Waals surface area contributed by atoms with Crippen molar-refractivity contribution in [2.24, 2.45) is 0 Å². The summed E-state index contributed by atoms with van der Waals surface area (Å²) in [5.74, 6) is 0. The Bertz CT molecular complexity index is 338. The standard InChI is InChI=1S/C15H27N3/c1-5-10-16-14(4)11-18(6-2)12-15-9-7-8-13(3)17-15/h7-9,14,16H,5-6,10-12H2,1-4H3. The normalized spacial score (nSPS) is 12.9. The van der Waals surface area contributed by atoms with Crippen molar-refractivity contribution in [3.63, 3.8) is 0 Å². The van der Waals surface area contributed by atoms with Gasteiger partial charge in [-0.1, -0.05) is 19.9 Å². The third-order valence-corrected chi connectivity index (χ3v) is 3.05. The van der Waals surface area contributed by atoms with E-state index in [1.54, 1.807) is 0 Å². The predicted octanol–water partition coefficient (Wildman–Crippen LogP) is 2.60. The van der Waals surface area contributed by atoms with Gasteiger partial charge in [-0.15, -0.1) is 0 Å². The zero-order chi connectivity index (χ0) is 13.4. The van der Waals surface area contributed by atoms with Crippen LogP contribution in [0.25, 0.3) is 0 Å². The first-order chi connectivity index (χ1) is 8.65. The fourth-order valence-electron chi connectivity index (χ4n) is 2.06. The molecule has 1 atom stereocenters.